The summed E-state index contributed by atoms with van der Waals surface area (Å²) >= 11 is 6.15. The van der Waals surface area contributed by atoms with Crippen molar-refractivity contribution in [3.63, 3.8) is 0 Å². The van der Waals surface area contributed by atoms with Crippen LogP contribution in [-0.4, -0.2) is 11.0 Å². The molecule has 2 rings (SSSR count). The van der Waals surface area contributed by atoms with Gasteiger partial charge in [0.2, 0.25) is 0 Å². The molecule has 1 aromatic rings. The molecular weight excluding hydrogens is 206 g/mol. The smallest absolute Gasteiger partial charge is 0.0530 e. The van der Waals surface area contributed by atoms with Gasteiger partial charge in [-0.25, -0.2) is 0 Å². The highest BCUT2D eigenvalue weighted by Crippen LogP contribution is 2.28. The number of allylic oxidation sites excluding steroid dienone is 3. The van der Waals surface area contributed by atoms with Gasteiger partial charge in [-0.1, -0.05) is 49.4 Å². The predicted molar refractivity (Wildman–Crippen MR) is 65.4 cm³/mol. The summed E-state index contributed by atoms with van der Waals surface area (Å²) in [6.45, 7) is 2.92. The normalized spacial score (nSPS) is 16.0. The van der Waals surface area contributed by atoms with Crippen LogP contribution in [0, 0.1) is 0 Å². The molecule has 1 heterocycles. The van der Waals surface area contributed by atoms with Crippen molar-refractivity contribution in [2.45, 2.75) is 13.3 Å². The maximum Gasteiger partial charge on any atom is 0.0530 e. The lowest BCUT2D eigenvalue weighted by Gasteiger charge is -2.23. The first kappa shape index (κ1) is 10.3. The Morgan fingerprint density at radius 2 is 2.00 bits per heavy atom. The molecule has 0 amide bonds. The van der Waals surface area contributed by atoms with E-state index in [0.717, 1.165) is 13.0 Å². The zero-order valence-electron chi connectivity index (χ0n) is 8.78. The molecule has 0 N–H and O–H groups in total. The molecule has 0 atom stereocenters. The molecule has 1 aromatic carbocycles. The summed E-state index contributed by atoms with van der Waals surface area (Å²) in [4.78, 5) is 0. The van der Waals surface area contributed by atoms with Crippen LogP contribution in [0.3, 0.4) is 0 Å². The highest BCUT2D eigenvalue weighted by atomic mass is 35.5. The molecule has 0 saturated heterocycles. The molecular formula is C13H14ClN. The largest absolute Gasteiger partial charge is 0.285 e. The minimum Gasteiger partial charge on any atom is -0.285 e. The minimum absolute atomic E-state index is 0.793. The van der Waals surface area contributed by atoms with E-state index in [1.54, 1.807) is 4.42 Å². The lowest BCUT2D eigenvalue weighted by Crippen LogP contribution is -2.15. The van der Waals surface area contributed by atoms with Gasteiger partial charge in [0.1, 0.15) is 0 Å². The number of rotatable bonds is 2. The average molecular weight is 220 g/mol. The van der Waals surface area contributed by atoms with E-state index in [0.29, 0.717) is 0 Å². The SMILES string of the molecule is CCC1=C(c2ccccc2)C=CCN1Cl. The average Bonchev–Trinajstić information content (AvgIpc) is 2.30. The van der Waals surface area contributed by atoms with Gasteiger partial charge < -0.3 is 0 Å². The van der Waals surface area contributed by atoms with Gasteiger partial charge in [0, 0.05) is 23.0 Å². The lowest BCUT2D eigenvalue weighted by atomic mass is 10.00. The maximum atomic E-state index is 6.15. The van der Waals surface area contributed by atoms with Crippen molar-refractivity contribution in [3.05, 3.63) is 53.7 Å². The van der Waals surface area contributed by atoms with Crippen molar-refractivity contribution in [2.24, 2.45) is 0 Å². The summed E-state index contributed by atoms with van der Waals surface area (Å²) in [7, 11) is 0. The molecule has 0 saturated carbocycles. The Balaban J connectivity index is 2.46. The van der Waals surface area contributed by atoms with E-state index in [1.165, 1.54) is 16.8 Å². The van der Waals surface area contributed by atoms with E-state index in [2.05, 4.69) is 43.3 Å². The van der Waals surface area contributed by atoms with E-state index in [4.69, 9.17) is 11.8 Å². The molecule has 1 aliphatic rings. The summed E-state index contributed by atoms with van der Waals surface area (Å²) in [5.74, 6) is 0. The van der Waals surface area contributed by atoms with E-state index < -0.39 is 0 Å². The van der Waals surface area contributed by atoms with Crippen LogP contribution in [0.15, 0.2) is 48.2 Å². The van der Waals surface area contributed by atoms with Crippen LogP contribution in [-0.2, 0) is 0 Å². The predicted octanol–water partition coefficient (Wildman–Crippen LogP) is 3.83. The summed E-state index contributed by atoms with van der Waals surface area (Å²) in [5, 5.41) is 0. The number of nitrogens with zero attached hydrogens (tertiary/aromatic N) is 1. The molecule has 1 aliphatic heterocycles. The first-order valence-corrected chi connectivity index (χ1v) is 5.55. The zero-order valence-corrected chi connectivity index (χ0v) is 9.54. The molecule has 0 aliphatic carbocycles. The van der Waals surface area contributed by atoms with E-state index in [-0.39, 0.29) is 0 Å². The fourth-order valence-corrected chi connectivity index (χ4v) is 2.13. The Bertz CT molecular complexity index is 392. The summed E-state index contributed by atoms with van der Waals surface area (Å²) in [6.07, 6.45) is 5.21. The van der Waals surface area contributed by atoms with E-state index in [9.17, 15) is 0 Å². The number of benzene rings is 1. The minimum atomic E-state index is 0.793. The van der Waals surface area contributed by atoms with Crippen molar-refractivity contribution in [1.82, 2.24) is 4.42 Å². The zero-order chi connectivity index (χ0) is 10.7. The second kappa shape index (κ2) is 4.54. The van der Waals surface area contributed by atoms with Gasteiger partial charge in [0.05, 0.1) is 6.54 Å². The van der Waals surface area contributed by atoms with Crippen LogP contribution in [0.4, 0.5) is 0 Å². The standard InChI is InChI=1S/C13H14ClN/c1-2-13-12(9-6-10-15(13)14)11-7-4-3-5-8-11/h3-9H,2,10H2,1H3. The van der Waals surface area contributed by atoms with Gasteiger partial charge in [-0.3, -0.25) is 4.42 Å². The fourth-order valence-electron chi connectivity index (χ4n) is 1.84. The second-order valence-corrected chi connectivity index (χ2v) is 3.94. The summed E-state index contributed by atoms with van der Waals surface area (Å²) in [6, 6.07) is 10.4. The van der Waals surface area contributed by atoms with Gasteiger partial charge in [0.15, 0.2) is 0 Å². The number of hydrogen-bond donors (Lipinski definition) is 0. The van der Waals surface area contributed by atoms with Crippen molar-refractivity contribution >= 4 is 17.3 Å². The van der Waals surface area contributed by atoms with Gasteiger partial charge in [-0.05, 0) is 12.0 Å². The monoisotopic (exact) mass is 219 g/mol. The molecule has 15 heavy (non-hydrogen) atoms. The first-order valence-electron chi connectivity index (χ1n) is 5.21. The van der Waals surface area contributed by atoms with E-state index >= 15 is 0 Å². The highest BCUT2D eigenvalue weighted by molar-refractivity contribution is 6.15. The Kier molecular flexibility index (Phi) is 3.12. The maximum absolute atomic E-state index is 6.15. The Hall–Kier alpha value is -1.21. The van der Waals surface area contributed by atoms with Crippen LogP contribution >= 0.6 is 11.8 Å². The molecule has 0 unspecified atom stereocenters. The van der Waals surface area contributed by atoms with Crippen LogP contribution in [0.5, 0.6) is 0 Å². The van der Waals surface area contributed by atoms with Gasteiger partial charge in [0.25, 0.3) is 0 Å². The number of halogens is 1. The third-order valence-electron chi connectivity index (χ3n) is 2.57. The molecule has 2 heteroatoms. The third kappa shape index (κ3) is 2.07. The summed E-state index contributed by atoms with van der Waals surface area (Å²) < 4.78 is 1.79. The fraction of sp³-hybridized carbons (Fsp3) is 0.231. The quantitative estimate of drug-likeness (QED) is 0.684. The van der Waals surface area contributed by atoms with Gasteiger partial charge >= 0.3 is 0 Å². The van der Waals surface area contributed by atoms with Gasteiger partial charge in [-0.15, -0.1) is 0 Å². The lowest BCUT2D eigenvalue weighted by molar-refractivity contribution is 0.590. The second-order valence-electron chi connectivity index (χ2n) is 3.53. The van der Waals surface area contributed by atoms with Crippen LogP contribution < -0.4 is 0 Å². The molecule has 0 spiro atoms. The molecule has 1 nitrogen and oxygen atoms in total. The van der Waals surface area contributed by atoms with Gasteiger partial charge in [-0.2, -0.15) is 0 Å². The number of hydrogen-bond acceptors (Lipinski definition) is 1. The first-order chi connectivity index (χ1) is 7.33. The van der Waals surface area contributed by atoms with Crippen LogP contribution in [0.2, 0.25) is 0 Å². The topological polar surface area (TPSA) is 3.24 Å². The molecule has 78 valence electrons. The molecule has 0 fully saturated rings. The Labute approximate surface area is 95.8 Å². The van der Waals surface area contributed by atoms with Crippen LogP contribution in [0.1, 0.15) is 18.9 Å². The Morgan fingerprint density at radius 3 is 2.67 bits per heavy atom. The van der Waals surface area contributed by atoms with Crippen molar-refractivity contribution in [3.8, 4) is 0 Å². The molecule has 0 bridgehead atoms. The highest BCUT2D eigenvalue weighted by Gasteiger charge is 2.13. The third-order valence-corrected chi connectivity index (χ3v) is 2.92. The molecule has 0 aromatic heterocycles. The van der Waals surface area contributed by atoms with E-state index in [1.807, 2.05) is 6.07 Å². The van der Waals surface area contributed by atoms with Crippen molar-refractivity contribution in [2.75, 3.05) is 6.54 Å². The van der Waals surface area contributed by atoms with Crippen LogP contribution in [0.25, 0.3) is 5.57 Å². The molecule has 0 radical (unpaired) electrons. The summed E-state index contributed by atoms with van der Waals surface area (Å²) in [5.41, 5.74) is 3.67. The Morgan fingerprint density at radius 1 is 1.27 bits per heavy atom. The van der Waals surface area contributed by atoms with Crippen molar-refractivity contribution in [1.29, 1.82) is 0 Å². The van der Waals surface area contributed by atoms with Crippen molar-refractivity contribution < 1.29 is 0 Å².